The first-order valence-corrected chi connectivity index (χ1v) is 9.88. The topological polar surface area (TPSA) is 110 Å². The van der Waals surface area contributed by atoms with Gasteiger partial charge in [-0.2, -0.15) is 0 Å². The third-order valence-electron chi connectivity index (χ3n) is 5.35. The van der Waals surface area contributed by atoms with Crippen LogP contribution in [0.25, 0.3) is 5.76 Å². The molecule has 1 saturated heterocycles. The van der Waals surface area contributed by atoms with E-state index >= 15 is 0 Å². The van der Waals surface area contributed by atoms with E-state index in [4.69, 9.17) is 4.74 Å². The minimum atomic E-state index is -0.801. The Morgan fingerprint density at radius 1 is 1.13 bits per heavy atom. The van der Waals surface area contributed by atoms with Crippen LogP contribution < -0.4 is 0 Å². The van der Waals surface area contributed by atoms with Crippen molar-refractivity contribution in [2.45, 2.75) is 25.8 Å². The zero-order valence-corrected chi connectivity index (χ0v) is 17.6. The summed E-state index contributed by atoms with van der Waals surface area (Å²) >= 11 is 0. The third-order valence-corrected chi connectivity index (χ3v) is 5.35. The Morgan fingerprint density at radius 3 is 2.26 bits per heavy atom. The molecule has 1 amide bonds. The summed E-state index contributed by atoms with van der Waals surface area (Å²) in [7, 11) is 1.50. The number of ketones is 1. The average molecular weight is 424 g/mol. The molecule has 1 aliphatic rings. The standard InChI is InChI=1S/C23H24N2O6/c1-14(2)15-4-6-16(7-5-15)20-19(22(27)23(28)24(20)12-13-31-3)21(26)17-8-10-18(11-9-17)25(29)30/h4-11,14,20,26H,12-13H2,1-3H3/b21-19-. The number of carbonyl (C=O) groups is 2. The number of rotatable bonds is 7. The number of nitrogens with zero attached hydrogens (tertiary/aromatic N) is 2. The molecule has 0 radical (unpaired) electrons. The van der Waals surface area contributed by atoms with Crippen LogP contribution in [0.3, 0.4) is 0 Å². The zero-order chi connectivity index (χ0) is 22.7. The quantitative estimate of drug-likeness (QED) is 0.238. The first-order valence-electron chi connectivity index (χ1n) is 9.88. The normalized spacial score (nSPS) is 18.1. The van der Waals surface area contributed by atoms with Gasteiger partial charge in [0, 0.05) is 31.4 Å². The molecule has 1 fully saturated rings. The number of hydrogen-bond donors (Lipinski definition) is 1. The smallest absolute Gasteiger partial charge is 0.295 e. The number of aliphatic hydroxyl groups excluding tert-OH is 1. The summed E-state index contributed by atoms with van der Waals surface area (Å²) in [6.45, 7) is 4.53. The molecule has 3 rings (SSSR count). The minimum absolute atomic E-state index is 0.0488. The number of benzene rings is 2. The average Bonchev–Trinajstić information content (AvgIpc) is 3.02. The highest BCUT2D eigenvalue weighted by Gasteiger charge is 2.45. The molecule has 0 spiro atoms. The first-order chi connectivity index (χ1) is 14.8. The monoisotopic (exact) mass is 424 g/mol. The number of aliphatic hydroxyl groups is 1. The van der Waals surface area contributed by atoms with Crippen LogP contribution in [0.5, 0.6) is 0 Å². The molecule has 1 atom stereocenters. The number of hydrogen-bond acceptors (Lipinski definition) is 6. The van der Waals surface area contributed by atoms with Crippen LogP contribution >= 0.6 is 0 Å². The lowest BCUT2D eigenvalue weighted by atomic mass is 9.93. The van der Waals surface area contributed by atoms with E-state index in [-0.39, 0.29) is 35.7 Å². The van der Waals surface area contributed by atoms with Gasteiger partial charge >= 0.3 is 0 Å². The van der Waals surface area contributed by atoms with E-state index in [0.29, 0.717) is 11.5 Å². The SMILES string of the molecule is COCCN1C(=O)C(=O)/C(=C(\O)c2ccc([N+](=O)[O-])cc2)C1c1ccc(C(C)C)cc1. The molecule has 0 aliphatic carbocycles. The molecule has 162 valence electrons. The molecule has 0 bridgehead atoms. The number of methoxy groups -OCH3 is 1. The van der Waals surface area contributed by atoms with Crippen molar-refractivity contribution in [1.29, 1.82) is 0 Å². The maximum absolute atomic E-state index is 12.9. The van der Waals surface area contributed by atoms with Gasteiger partial charge in [-0.05, 0) is 29.2 Å². The van der Waals surface area contributed by atoms with E-state index in [2.05, 4.69) is 13.8 Å². The van der Waals surface area contributed by atoms with Crippen LogP contribution in [0.1, 0.15) is 42.5 Å². The summed E-state index contributed by atoms with van der Waals surface area (Å²) in [6, 6.07) is 12.0. The van der Waals surface area contributed by atoms with E-state index in [1.807, 2.05) is 24.3 Å². The zero-order valence-electron chi connectivity index (χ0n) is 17.6. The van der Waals surface area contributed by atoms with Crippen LogP contribution in [0.2, 0.25) is 0 Å². The number of ether oxygens (including phenoxy) is 1. The molecule has 1 heterocycles. The predicted molar refractivity (Wildman–Crippen MR) is 115 cm³/mol. The van der Waals surface area contributed by atoms with Crippen molar-refractivity contribution < 1.29 is 24.4 Å². The minimum Gasteiger partial charge on any atom is -0.507 e. The number of amides is 1. The Morgan fingerprint density at radius 2 is 1.74 bits per heavy atom. The van der Waals surface area contributed by atoms with Crippen molar-refractivity contribution in [3.05, 3.63) is 80.9 Å². The highest BCUT2D eigenvalue weighted by molar-refractivity contribution is 6.46. The fourth-order valence-electron chi connectivity index (χ4n) is 3.61. The number of nitro benzene ring substituents is 1. The summed E-state index contributed by atoms with van der Waals surface area (Å²) in [5.41, 5.74) is 1.82. The van der Waals surface area contributed by atoms with E-state index < -0.39 is 22.7 Å². The fraction of sp³-hybridized carbons (Fsp3) is 0.304. The lowest BCUT2D eigenvalue weighted by Crippen LogP contribution is -2.32. The maximum atomic E-state index is 12.9. The van der Waals surface area contributed by atoms with Crippen LogP contribution in [0.4, 0.5) is 5.69 Å². The van der Waals surface area contributed by atoms with Gasteiger partial charge in [0.1, 0.15) is 5.76 Å². The van der Waals surface area contributed by atoms with E-state index in [0.717, 1.165) is 5.56 Å². The summed E-state index contributed by atoms with van der Waals surface area (Å²) in [5, 5.41) is 21.8. The number of carbonyl (C=O) groups excluding carboxylic acids is 2. The van der Waals surface area contributed by atoms with Crippen molar-refractivity contribution in [2.24, 2.45) is 0 Å². The van der Waals surface area contributed by atoms with Crippen LogP contribution in [-0.2, 0) is 14.3 Å². The number of non-ortho nitro benzene ring substituents is 1. The molecule has 0 saturated carbocycles. The molecule has 8 nitrogen and oxygen atoms in total. The second kappa shape index (κ2) is 9.09. The highest BCUT2D eigenvalue weighted by Crippen LogP contribution is 2.39. The molecular weight excluding hydrogens is 400 g/mol. The second-order valence-corrected chi connectivity index (χ2v) is 7.61. The van der Waals surface area contributed by atoms with Crippen molar-refractivity contribution in [3.8, 4) is 0 Å². The predicted octanol–water partition coefficient (Wildman–Crippen LogP) is 3.79. The lowest BCUT2D eigenvalue weighted by Gasteiger charge is -2.25. The Bertz CT molecular complexity index is 1030. The maximum Gasteiger partial charge on any atom is 0.295 e. The van der Waals surface area contributed by atoms with Crippen LogP contribution in [0.15, 0.2) is 54.1 Å². The molecule has 2 aromatic carbocycles. The Labute approximate surface area is 179 Å². The molecule has 1 N–H and O–H groups in total. The number of nitro groups is 1. The highest BCUT2D eigenvalue weighted by atomic mass is 16.6. The van der Waals surface area contributed by atoms with E-state index in [9.17, 15) is 24.8 Å². The van der Waals surface area contributed by atoms with Gasteiger partial charge in [-0.25, -0.2) is 0 Å². The number of likely N-dealkylation sites (tertiary alicyclic amines) is 1. The Kier molecular flexibility index (Phi) is 6.50. The van der Waals surface area contributed by atoms with Crippen LogP contribution in [-0.4, -0.2) is 46.9 Å². The molecule has 31 heavy (non-hydrogen) atoms. The van der Waals surface area contributed by atoms with Gasteiger partial charge in [0.25, 0.3) is 17.4 Å². The molecular formula is C23H24N2O6. The van der Waals surface area contributed by atoms with Crippen molar-refractivity contribution in [2.75, 3.05) is 20.3 Å². The van der Waals surface area contributed by atoms with Gasteiger partial charge < -0.3 is 14.7 Å². The lowest BCUT2D eigenvalue weighted by molar-refractivity contribution is -0.384. The van der Waals surface area contributed by atoms with Gasteiger partial charge in [-0.3, -0.25) is 19.7 Å². The molecule has 8 heteroatoms. The summed E-state index contributed by atoms with van der Waals surface area (Å²) in [6.07, 6.45) is 0. The summed E-state index contributed by atoms with van der Waals surface area (Å²) < 4.78 is 5.09. The van der Waals surface area contributed by atoms with Crippen molar-refractivity contribution >= 4 is 23.1 Å². The van der Waals surface area contributed by atoms with Gasteiger partial charge in [0.05, 0.1) is 23.1 Å². The summed E-state index contributed by atoms with van der Waals surface area (Å²) in [5.74, 6) is -1.58. The first kappa shape index (κ1) is 22.2. The van der Waals surface area contributed by atoms with Gasteiger partial charge in [0.15, 0.2) is 0 Å². The molecule has 1 unspecified atom stereocenters. The summed E-state index contributed by atoms with van der Waals surface area (Å²) in [4.78, 5) is 37.3. The molecule has 1 aliphatic heterocycles. The molecule has 0 aromatic heterocycles. The Hall–Kier alpha value is -3.52. The second-order valence-electron chi connectivity index (χ2n) is 7.61. The fourth-order valence-corrected chi connectivity index (χ4v) is 3.61. The van der Waals surface area contributed by atoms with Crippen molar-refractivity contribution in [1.82, 2.24) is 4.90 Å². The van der Waals surface area contributed by atoms with Gasteiger partial charge in [-0.1, -0.05) is 38.1 Å². The number of Topliss-reactive ketones (excluding diaryl/α,β-unsaturated/α-hetero) is 1. The third kappa shape index (κ3) is 4.34. The van der Waals surface area contributed by atoms with Crippen molar-refractivity contribution in [3.63, 3.8) is 0 Å². The Balaban J connectivity index is 2.12. The van der Waals surface area contributed by atoms with Crippen LogP contribution in [0, 0.1) is 10.1 Å². The largest absolute Gasteiger partial charge is 0.507 e. The van der Waals surface area contributed by atoms with E-state index in [1.54, 1.807) is 0 Å². The molecule has 2 aromatic rings. The van der Waals surface area contributed by atoms with Gasteiger partial charge in [0.2, 0.25) is 0 Å². The van der Waals surface area contributed by atoms with E-state index in [1.165, 1.54) is 36.3 Å². The van der Waals surface area contributed by atoms with Gasteiger partial charge in [-0.15, -0.1) is 0 Å².